The van der Waals surface area contributed by atoms with Crippen molar-refractivity contribution < 1.29 is 9.84 Å². The molecule has 0 aliphatic carbocycles. The maximum absolute atomic E-state index is 8.80. The molecule has 2 aromatic carbocycles. The van der Waals surface area contributed by atoms with Gasteiger partial charge in [-0.3, -0.25) is 0 Å². The van der Waals surface area contributed by atoms with E-state index in [1.807, 2.05) is 30.3 Å². The first kappa shape index (κ1) is 14.6. The molecule has 106 valence electrons. The van der Waals surface area contributed by atoms with E-state index < -0.39 is 0 Å². The van der Waals surface area contributed by atoms with Gasteiger partial charge in [-0.15, -0.1) is 0 Å². The predicted molar refractivity (Wildman–Crippen MR) is 80.7 cm³/mol. The number of ether oxygens (including phenoxy) is 1. The lowest BCUT2D eigenvalue weighted by Crippen LogP contribution is -2.18. The van der Waals surface area contributed by atoms with Crippen LogP contribution in [0.15, 0.2) is 48.5 Å². The molecule has 0 fully saturated rings. The van der Waals surface area contributed by atoms with Gasteiger partial charge in [-0.2, -0.15) is 0 Å². The fourth-order valence-electron chi connectivity index (χ4n) is 2.06. The van der Waals surface area contributed by atoms with Gasteiger partial charge in [0.1, 0.15) is 12.4 Å². The maximum atomic E-state index is 8.80. The molecule has 0 aliphatic rings. The lowest BCUT2D eigenvalue weighted by atomic mass is 10.1. The normalized spacial score (nSPS) is 10.5. The Morgan fingerprint density at radius 1 is 1.10 bits per heavy atom. The van der Waals surface area contributed by atoms with Crippen LogP contribution in [0.4, 0.5) is 0 Å². The summed E-state index contributed by atoms with van der Waals surface area (Å²) in [7, 11) is 0. The first-order chi connectivity index (χ1) is 9.79. The van der Waals surface area contributed by atoms with Gasteiger partial charge in [0.25, 0.3) is 0 Å². The topological polar surface area (TPSA) is 41.5 Å². The first-order valence-electron chi connectivity index (χ1n) is 6.87. The van der Waals surface area contributed by atoms with E-state index >= 15 is 0 Å². The Morgan fingerprint density at radius 3 is 2.75 bits per heavy atom. The van der Waals surface area contributed by atoms with Gasteiger partial charge in [0.2, 0.25) is 0 Å². The number of aryl methyl sites for hydroxylation is 1. The van der Waals surface area contributed by atoms with Crippen molar-refractivity contribution >= 4 is 0 Å². The highest BCUT2D eigenvalue weighted by molar-refractivity contribution is 5.33. The number of benzene rings is 2. The van der Waals surface area contributed by atoms with Crippen molar-refractivity contribution in [3.63, 3.8) is 0 Å². The van der Waals surface area contributed by atoms with E-state index in [1.54, 1.807) is 0 Å². The van der Waals surface area contributed by atoms with Gasteiger partial charge < -0.3 is 15.2 Å². The third-order valence-corrected chi connectivity index (χ3v) is 3.05. The SMILES string of the molecule is Cc1cccc(COc2ccccc2CNCCO)c1. The molecule has 0 spiro atoms. The zero-order valence-corrected chi connectivity index (χ0v) is 11.8. The Hall–Kier alpha value is -1.84. The van der Waals surface area contributed by atoms with Crippen molar-refractivity contribution in [2.75, 3.05) is 13.2 Å². The van der Waals surface area contributed by atoms with Crippen molar-refractivity contribution in [3.05, 3.63) is 65.2 Å². The lowest BCUT2D eigenvalue weighted by molar-refractivity contribution is 0.288. The molecular weight excluding hydrogens is 250 g/mol. The van der Waals surface area contributed by atoms with E-state index in [4.69, 9.17) is 9.84 Å². The lowest BCUT2D eigenvalue weighted by Gasteiger charge is -2.12. The van der Waals surface area contributed by atoms with Crippen molar-refractivity contribution in [1.29, 1.82) is 0 Å². The van der Waals surface area contributed by atoms with Gasteiger partial charge in [-0.25, -0.2) is 0 Å². The van der Waals surface area contributed by atoms with Gasteiger partial charge >= 0.3 is 0 Å². The average molecular weight is 271 g/mol. The minimum Gasteiger partial charge on any atom is -0.489 e. The zero-order chi connectivity index (χ0) is 14.2. The van der Waals surface area contributed by atoms with E-state index in [1.165, 1.54) is 11.1 Å². The summed E-state index contributed by atoms with van der Waals surface area (Å²) in [6, 6.07) is 16.3. The third-order valence-electron chi connectivity index (χ3n) is 3.05. The van der Waals surface area contributed by atoms with Crippen LogP contribution in [0.2, 0.25) is 0 Å². The Bertz CT molecular complexity index is 540. The van der Waals surface area contributed by atoms with Crippen LogP contribution in [0.5, 0.6) is 5.75 Å². The summed E-state index contributed by atoms with van der Waals surface area (Å²) in [5.74, 6) is 0.888. The van der Waals surface area contributed by atoms with E-state index in [2.05, 4.69) is 30.4 Å². The average Bonchev–Trinajstić information content (AvgIpc) is 2.47. The van der Waals surface area contributed by atoms with Gasteiger partial charge in [-0.05, 0) is 18.6 Å². The minimum atomic E-state index is 0.145. The summed E-state index contributed by atoms with van der Waals surface area (Å²) in [4.78, 5) is 0. The minimum absolute atomic E-state index is 0.145. The number of para-hydroxylation sites is 1. The van der Waals surface area contributed by atoms with Crippen LogP contribution in [-0.2, 0) is 13.2 Å². The van der Waals surface area contributed by atoms with Crippen LogP contribution < -0.4 is 10.1 Å². The second-order valence-corrected chi connectivity index (χ2v) is 4.79. The van der Waals surface area contributed by atoms with Crippen molar-refractivity contribution in [1.82, 2.24) is 5.32 Å². The fraction of sp³-hybridized carbons (Fsp3) is 0.294. The van der Waals surface area contributed by atoms with Crippen molar-refractivity contribution in [2.24, 2.45) is 0 Å². The summed E-state index contributed by atoms with van der Waals surface area (Å²) in [6.07, 6.45) is 0. The molecule has 0 aliphatic heterocycles. The summed E-state index contributed by atoms with van der Waals surface area (Å²) in [6.45, 7) is 4.08. The summed E-state index contributed by atoms with van der Waals surface area (Å²) >= 11 is 0. The molecule has 2 aromatic rings. The highest BCUT2D eigenvalue weighted by Crippen LogP contribution is 2.19. The third kappa shape index (κ3) is 4.37. The number of hydrogen-bond donors (Lipinski definition) is 2. The standard InChI is InChI=1S/C17H21NO2/c1-14-5-4-6-15(11-14)13-20-17-8-3-2-7-16(17)12-18-9-10-19/h2-8,11,18-19H,9-10,12-13H2,1H3. The van der Waals surface area contributed by atoms with Crippen LogP contribution in [0.1, 0.15) is 16.7 Å². The summed E-state index contributed by atoms with van der Waals surface area (Å²) in [5, 5.41) is 12.0. The van der Waals surface area contributed by atoms with E-state index in [9.17, 15) is 0 Å². The quantitative estimate of drug-likeness (QED) is 0.761. The highest BCUT2D eigenvalue weighted by Gasteiger charge is 2.03. The molecule has 0 atom stereocenters. The van der Waals surface area contributed by atoms with Gasteiger partial charge in [0.15, 0.2) is 0 Å². The molecule has 3 nitrogen and oxygen atoms in total. The second-order valence-electron chi connectivity index (χ2n) is 4.79. The molecule has 0 amide bonds. The van der Waals surface area contributed by atoms with Crippen LogP contribution in [0.25, 0.3) is 0 Å². The number of aliphatic hydroxyl groups excluding tert-OH is 1. The largest absolute Gasteiger partial charge is 0.489 e. The van der Waals surface area contributed by atoms with E-state index in [0.717, 1.165) is 11.3 Å². The zero-order valence-electron chi connectivity index (χ0n) is 11.8. The first-order valence-corrected chi connectivity index (χ1v) is 6.87. The van der Waals surface area contributed by atoms with Gasteiger partial charge in [0, 0.05) is 18.7 Å². The molecule has 0 aromatic heterocycles. The van der Waals surface area contributed by atoms with Crippen molar-refractivity contribution in [3.8, 4) is 5.75 Å². The Balaban J connectivity index is 1.98. The fourth-order valence-corrected chi connectivity index (χ4v) is 2.06. The molecule has 0 saturated heterocycles. The highest BCUT2D eigenvalue weighted by atomic mass is 16.5. The molecule has 3 heteroatoms. The molecular formula is C17H21NO2. The summed E-state index contributed by atoms with van der Waals surface area (Å²) in [5.41, 5.74) is 3.51. The number of hydrogen-bond acceptors (Lipinski definition) is 3. The van der Waals surface area contributed by atoms with Crippen LogP contribution in [0.3, 0.4) is 0 Å². The Kier molecular flexibility index (Phi) is 5.59. The van der Waals surface area contributed by atoms with Gasteiger partial charge in [-0.1, -0.05) is 48.0 Å². The molecule has 0 saturated carbocycles. The maximum Gasteiger partial charge on any atom is 0.124 e. The predicted octanol–water partition coefficient (Wildman–Crippen LogP) is 2.66. The van der Waals surface area contributed by atoms with Crippen LogP contribution in [0, 0.1) is 6.92 Å². The molecule has 0 radical (unpaired) electrons. The van der Waals surface area contributed by atoms with Crippen molar-refractivity contribution in [2.45, 2.75) is 20.1 Å². The van der Waals surface area contributed by atoms with Crippen LogP contribution in [-0.4, -0.2) is 18.3 Å². The Labute approximate surface area is 120 Å². The smallest absolute Gasteiger partial charge is 0.124 e. The molecule has 0 bridgehead atoms. The number of rotatable bonds is 7. The second kappa shape index (κ2) is 7.68. The molecule has 2 N–H and O–H groups in total. The summed E-state index contributed by atoms with van der Waals surface area (Å²) < 4.78 is 5.91. The van der Waals surface area contributed by atoms with E-state index in [-0.39, 0.29) is 6.61 Å². The Morgan fingerprint density at radius 2 is 1.95 bits per heavy atom. The monoisotopic (exact) mass is 271 g/mol. The number of aliphatic hydroxyl groups is 1. The molecule has 0 unspecified atom stereocenters. The molecule has 2 rings (SSSR count). The molecule has 0 heterocycles. The van der Waals surface area contributed by atoms with Crippen LogP contribution >= 0.6 is 0 Å². The van der Waals surface area contributed by atoms with Gasteiger partial charge in [0.05, 0.1) is 6.61 Å². The molecule has 20 heavy (non-hydrogen) atoms. The number of nitrogens with one attached hydrogen (secondary N) is 1. The van der Waals surface area contributed by atoms with E-state index in [0.29, 0.717) is 19.7 Å².